The number of nitrogens with zero attached hydrogens (tertiary/aromatic N) is 7. The number of amides is 2. The molecule has 1 saturated heterocycles. The van der Waals surface area contributed by atoms with Gasteiger partial charge in [-0.15, -0.1) is 17.2 Å². The van der Waals surface area contributed by atoms with E-state index in [1.807, 2.05) is 31.2 Å². The fourth-order valence-corrected chi connectivity index (χ4v) is 7.79. The second kappa shape index (κ2) is 27.9. The molecule has 0 saturated carbocycles. The summed E-state index contributed by atoms with van der Waals surface area (Å²) >= 11 is 0. The Morgan fingerprint density at radius 3 is 1.28 bits per heavy atom. The van der Waals surface area contributed by atoms with Gasteiger partial charge in [-0.3, -0.25) is 39.5 Å². The summed E-state index contributed by atoms with van der Waals surface area (Å²) in [5, 5.41) is 0.521. The Labute approximate surface area is 456 Å². The van der Waals surface area contributed by atoms with Crippen LogP contribution in [0.25, 0.3) is 34.2 Å². The van der Waals surface area contributed by atoms with E-state index in [-0.39, 0.29) is 120 Å². The molecule has 1 aliphatic rings. The van der Waals surface area contributed by atoms with Crippen molar-refractivity contribution in [1.29, 1.82) is 0 Å². The second-order valence-corrected chi connectivity index (χ2v) is 18.7. The fourth-order valence-electron chi connectivity index (χ4n) is 6.03. The second-order valence-electron chi connectivity index (χ2n) is 14.5. The van der Waals surface area contributed by atoms with Gasteiger partial charge in [0.05, 0.1) is 76.1 Å². The monoisotopic (exact) mass is 1110 g/mol. The van der Waals surface area contributed by atoms with Crippen LogP contribution in [0.2, 0.25) is 0 Å². The number of imide groups is 1. The summed E-state index contributed by atoms with van der Waals surface area (Å²) in [6, 6.07) is 19.7. The minimum Gasteiger partial charge on any atom is -0.748 e. The SMILES string of the molecule is O=C(CCCc1ccnc(-c2cc(CS(=O)(=O)[O-])ccn2)c1)ON1C(=O)CCC1=O.O=S(=O)([O-])Cc1ccnc(-c2cc(CS(=O)(=O)[O-])ccn2)c1.[CH2-]c1ccnc(-c2cc(C)ccn2)c1.[Na+].[Na+].[Ru]. The van der Waals surface area contributed by atoms with Crippen LogP contribution >= 0.6 is 0 Å². The first-order valence-corrected chi connectivity index (χ1v) is 24.2. The van der Waals surface area contributed by atoms with E-state index in [4.69, 9.17) is 4.84 Å². The van der Waals surface area contributed by atoms with Crippen LogP contribution in [-0.4, -0.2) is 91.7 Å². The van der Waals surface area contributed by atoms with Crippen LogP contribution in [0.5, 0.6) is 0 Å². The van der Waals surface area contributed by atoms with Gasteiger partial charge in [-0.25, -0.2) is 30.0 Å². The minimum atomic E-state index is -4.43. The Hall–Kier alpha value is -4.27. The van der Waals surface area contributed by atoms with E-state index in [0.29, 0.717) is 34.9 Å². The van der Waals surface area contributed by atoms with E-state index in [2.05, 4.69) is 36.8 Å². The number of hydroxylamine groups is 2. The number of carbonyl (C=O) groups is 3. The van der Waals surface area contributed by atoms with Crippen molar-refractivity contribution in [3.63, 3.8) is 0 Å². The first kappa shape index (κ1) is 60.9. The molecule has 0 spiro atoms. The molecule has 7 rings (SSSR count). The summed E-state index contributed by atoms with van der Waals surface area (Å²) in [7, 11) is -13.3. The fraction of sp³-hybridized carbons (Fsp3) is 0.209. The summed E-state index contributed by atoms with van der Waals surface area (Å²) < 4.78 is 97.5. The van der Waals surface area contributed by atoms with E-state index in [1.54, 1.807) is 30.7 Å². The van der Waals surface area contributed by atoms with Gasteiger partial charge in [0.25, 0.3) is 11.8 Å². The van der Waals surface area contributed by atoms with E-state index >= 15 is 0 Å². The molecule has 7 heterocycles. The van der Waals surface area contributed by atoms with E-state index in [1.165, 1.54) is 60.6 Å². The van der Waals surface area contributed by atoms with Crippen molar-refractivity contribution < 1.29 is 137 Å². The third kappa shape index (κ3) is 21.7. The maximum absolute atomic E-state index is 11.9. The van der Waals surface area contributed by atoms with Crippen molar-refractivity contribution in [2.45, 2.75) is 56.3 Å². The van der Waals surface area contributed by atoms with Crippen molar-refractivity contribution in [1.82, 2.24) is 35.0 Å². The summed E-state index contributed by atoms with van der Waals surface area (Å²) in [6.07, 6.45) is 10.2. The molecule has 0 aromatic carbocycles. The Kier molecular flexibility index (Phi) is 24.6. The molecule has 69 heavy (non-hydrogen) atoms. The summed E-state index contributed by atoms with van der Waals surface area (Å²) in [5.74, 6) is -3.71. The largest absolute Gasteiger partial charge is 1.00 e. The van der Waals surface area contributed by atoms with Crippen LogP contribution < -0.4 is 59.1 Å². The predicted octanol–water partition coefficient (Wildman–Crippen LogP) is -2.01. The molecule has 0 unspecified atom stereocenters. The zero-order chi connectivity index (χ0) is 48.1. The predicted molar refractivity (Wildman–Crippen MR) is 232 cm³/mol. The molecule has 6 aromatic rings. The Morgan fingerprint density at radius 2 is 0.899 bits per heavy atom. The first-order chi connectivity index (χ1) is 31.1. The van der Waals surface area contributed by atoms with Gasteiger partial charge >= 0.3 is 65.1 Å². The van der Waals surface area contributed by atoms with Crippen LogP contribution in [0, 0.1) is 13.8 Å². The zero-order valence-corrected chi connectivity index (χ0v) is 45.5. The van der Waals surface area contributed by atoms with Gasteiger partial charge in [-0.05, 0) is 114 Å². The quantitative estimate of drug-likeness (QED) is 0.0492. The Balaban J connectivity index is 0.000000369. The number of pyridine rings is 6. The van der Waals surface area contributed by atoms with Crippen LogP contribution in [-0.2, 0) is 92.7 Å². The molecular weight excluding hydrogens is 1070 g/mol. The van der Waals surface area contributed by atoms with Gasteiger partial charge in [0.2, 0.25) is 0 Å². The van der Waals surface area contributed by atoms with Crippen molar-refractivity contribution in [2.75, 3.05) is 0 Å². The van der Waals surface area contributed by atoms with Gasteiger partial charge in [-0.2, -0.15) is 12.5 Å². The maximum atomic E-state index is 11.9. The molecule has 0 bridgehead atoms. The summed E-state index contributed by atoms with van der Waals surface area (Å²) in [4.78, 5) is 64.4. The first-order valence-electron chi connectivity index (χ1n) is 19.5. The molecule has 6 aromatic heterocycles. The van der Waals surface area contributed by atoms with Gasteiger partial charge in [-0.1, -0.05) is 0 Å². The van der Waals surface area contributed by atoms with Gasteiger partial charge < -0.3 is 18.5 Å². The standard InChI is InChI=1S/C19H19N3O7S.C12H12N2O6S2.C12H11N2.2Na.Ru/c23-17-4-5-18(24)22(17)29-19(25)3-1-2-13-6-8-20-15(10-13)16-11-14(7-9-21-16)12-30(26,27)28;15-21(16,17)7-9-1-3-13-11(5-9)12-6-10(2-4-14-12)8-22(18,19)20;1-9-3-5-13-11(7-9)12-8-10(2)4-6-14-12;;;/h6-11H,1-5,12H2,(H,26,27,28);1-6H,7-8H2,(H,15,16,17)(H,18,19,20);3-8H,1H2,2H3;;;/q;;-1;2*+1;/p-3. The van der Waals surface area contributed by atoms with Crippen molar-refractivity contribution in [3.05, 3.63) is 150 Å². The topological polar surface area (TPSA) is 313 Å². The van der Waals surface area contributed by atoms with Gasteiger partial charge in [0.15, 0.2) is 0 Å². The van der Waals surface area contributed by atoms with E-state index < -0.39 is 65.4 Å². The number of aromatic nitrogens is 6. The molecule has 0 N–H and O–H groups in total. The zero-order valence-electron chi connectivity index (χ0n) is 37.3. The van der Waals surface area contributed by atoms with Crippen molar-refractivity contribution in [3.8, 4) is 34.2 Å². The molecule has 0 radical (unpaired) electrons. The van der Waals surface area contributed by atoms with Crippen LogP contribution in [0.15, 0.2) is 110 Å². The molecule has 0 aliphatic carbocycles. The molecule has 354 valence electrons. The molecular formula is C43H39N7Na2O13RuS3-2. The molecule has 20 nitrogen and oxygen atoms in total. The molecule has 1 fully saturated rings. The van der Waals surface area contributed by atoms with E-state index in [0.717, 1.165) is 22.5 Å². The average molecular weight is 1110 g/mol. The number of hydrogen-bond acceptors (Lipinski definition) is 19. The van der Waals surface area contributed by atoms with Crippen LogP contribution in [0.4, 0.5) is 0 Å². The number of carbonyl (C=O) groups excluding carboxylic acids is 3. The third-order valence-corrected chi connectivity index (χ3v) is 11.0. The Bertz CT molecular complexity index is 2950. The van der Waals surface area contributed by atoms with E-state index in [9.17, 15) is 53.3 Å². The summed E-state index contributed by atoms with van der Waals surface area (Å²) in [6.45, 7) is 5.90. The van der Waals surface area contributed by atoms with Crippen molar-refractivity contribution in [2.24, 2.45) is 0 Å². The molecule has 0 atom stereocenters. The summed E-state index contributed by atoms with van der Waals surface area (Å²) in [5.41, 5.74) is 7.02. The Morgan fingerprint density at radius 1 is 0.565 bits per heavy atom. The van der Waals surface area contributed by atoms with Crippen molar-refractivity contribution >= 4 is 48.1 Å². The molecule has 2 amide bonds. The maximum Gasteiger partial charge on any atom is 1.00 e. The molecule has 1 aliphatic heterocycles. The number of hydrogen-bond donors (Lipinski definition) is 0. The number of rotatable bonds is 14. The smallest absolute Gasteiger partial charge is 0.748 e. The van der Waals surface area contributed by atoms with Gasteiger partial charge in [0.1, 0.15) is 0 Å². The van der Waals surface area contributed by atoms with Crippen LogP contribution in [0.1, 0.15) is 59.1 Å². The normalized spacial score (nSPS) is 12.1. The van der Waals surface area contributed by atoms with Gasteiger partial charge in [0, 0.05) is 75.4 Å². The molecule has 26 heteroatoms. The van der Waals surface area contributed by atoms with Crippen LogP contribution in [0.3, 0.4) is 0 Å². The third-order valence-electron chi connectivity index (χ3n) is 8.90. The average Bonchev–Trinajstić information content (AvgIpc) is 3.55. The number of aryl methyl sites for hydroxylation is 2. The minimum absolute atomic E-state index is 0.